The van der Waals surface area contributed by atoms with Crippen molar-refractivity contribution >= 4 is 28.8 Å². The Kier molecular flexibility index (Phi) is 4.38. The minimum atomic E-state index is -0.114. The zero-order valence-corrected chi connectivity index (χ0v) is 9.61. The Bertz CT molecular complexity index is 314. The first-order chi connectivity index (χ1) is 6.63. The smallest absolute Gasteiger partial charge is 0.216 e. The molecule has 78 valence electrons. The first-order valence-corrected chi connectivity index (χ1v) is 5.35. The van der Waals surface area contributed by atoms with Gasteiger partial charge < -0.3 is 10.1 Å². The minimum absolute atomic E-state index is 0.0605. The van der Waals surface area contributed by atoms with Gasteiger partial charge in [-0.1, -0.05) is 11.6 Å². The molecule has 3 nitrogen and oxygen atoms in total. The molecule has 1 amide bonds. The molecule has 0 saturated carbocycles. The van der Waals surface area contributed by atoms with E-state index in [-0.39, 0.29) is 12.0 Å². The largest absolute Gasteiger partial charge is 0.374 e. The average Bonchev–Trinajstić information content (AvgIpc) is 2.53. The van der Waals surface area contributed by atoms with E-state index in [1.54, 1.807) is 7.11 Å². The van der Waals surface area contributed by atoms with Gasteiger partial charge in [0.25, 0.3) is 0 Å². The van der Waals surface area contributed by atoms with E-state index in [1.807, 2.05) is 12.1 Å². The lowest BCUT2D eigenvalue weighted by Crippen LogP contribution is -2.26. The highest BCUT2D eigenvalue weighted by Gasteiger charge is 2.12. The third kappa shape index (κ3) is 3.29. The van der Waals surface area contributed by atoms with Gasteiger partial charge in [0.15, 0.2) is 0 Å². The summed E-state index contributed by atoms with van der Waals surface area (Å²) >= 11 is 7.26. The van der Waals surface area contributed by atoms with Crippen LogP contribution in [0.5, 0.6) is 0 Å². The van der Waals surface area contributed by atoms with Gasteiger partial charge in [-0.3, -0.25) is 4.79 Å². The molecule has 1 heterocycles. The topological polar surface area (TPSA) is 38.3 Å². The van der Waals surface area contributed by atoms with Crippen molar-refractivity contribution in [1.29, 1.82) is 0 Å². The van der Waals surface area contributed by atoms with Gasteiger partial charge in [0.2, 0.25) is 5.91 Å². The van der Waals surface area contributed by atoms with E-state index in [4.69, 9.17) is 16.3 Å². The molecular weight excluding hydrogens is 222 g/mol. The molecule has 0 saturated heterocycles. The van der Waals surface area contributed by atoms with Crippen molar-refractivity contribution in [2.24, 2.45) is 0 Å². The zero-order valence-electron chi connectivity index (χ0n) is 8.04. The van der Waals surface area contributed by atoms with Crippen LogP contribution >= 0.6 is 22.9 Å². The summed E-state index contributed by atoms with van der Waals surface area (Å²) in [4.78, 5) is 11.7. The van der Waals surface area contributed by atoms with Crippen LogP contribution in [0.15, 0.2) is 12.1 Å². The normalized spacial score (nSPS) is 12.5. The Morgan fingerprint density at radius 1 is 1.71 bits per heavy atom. The van der Waals surface area contributed by atoms with Crippen LogP contribution < -0.4 is 5.32 Å². The maximum Gasteiger partial charge on any atom is 0.216 e. The molecule has 1 rings (SSSR count). The first kappa shape index (κ1) is 11.5. The highest BCUT2D eigenvalue weighted by molar-refractivity contribution is 7.16. The summed E-state index contributed by atoms with van der Waals surface area (Å²) in [6.07, 6.45) is -0.114. The van der Waals surface area contributed by atoms with E-state index in [2.05, 4.69) is 5.32 Å². The van der Waals surface area contributed by atoms with Crippen LogP contribution in [0.1, 0.15) is 17.9 Å². The number of hydrogen-bond acceptors (Lipinski definition) is 3. The van der Waals surface area contributed by atoms with Crippen molar-refractivity contribution in [3.05, 3.63) is 21.3 Å². The highest BCUT2D eigenvalue weighted by atomic mass is 35.5. The van der Waals surface area contributed by atoms with Gasteiger partial charge in [0.1, 0.15) is 6.10 Å². The fourth-order valence-electron chi connectivity index (χ4n) is 1.04. The standard InChI is InChI=1S/C9H12ClNO2S/c1-6(12)11-5-7(13-2)8-3-4-9(10)14-8/h3-4,7H,5H2,1-2H3,(H,11,12)/t7-/m1/s1. The number of ether oxygens (including phenoxy) is 1. The number of carbonyl (C=O) groups excluding carboxylic acids is 1. The second-order valence-corrected chi connectivity index (χ2v) is 4.55. The Hall–Kier alpha value is -0.580. The van der Waals surface area contributed by atoms with Gasteiger partial charge in [-0.15, -0.1) is 11.3 Å². The molecule has 1 N–H and O–H groups in total. The van der Waals surface area contributed by atoms with Gasteiger partial charge >= 0.3 is 0 Å². The van der Waals surface area contributed by atoms with E-state index < -0.39 is 0 Å². The third-order valence-corrected chi connectivity index (χ3v) is 3.06. The van der Waals surface area contributed by atoms with E-state index in [0.717, 1.165) is 9.21 Å². The molecule has 0 aliphatic heterocycles. The molecule has 0 spiro atoms. The summed E-state index contributed by atoms with van der Waals surface area (Å²) in [7, 11) is 1.61. The maximum atomic E-state index is 10.7. The fourth-order valence-corrected chi connectivity index (χ4v) is 2.18. The van der Waals surface area contributed by atoms with Crippen molar-refractivity contribution < 1.29 is 9.53 Å². The molecular formula is C9H12ClNO2S. The molecule has 0 aliphatic carbocycles. The van der Waals surface area contributed by atoms with Crippen molar-refractivity contribution in [3.63, 3.8) is 0 Å². The third-order valence-electron chi connectivity index (χ3n) is 1.73. The van der Waals surface area contributed by atoms with Gasteiger partial charge in [0.05, 0.1) is 4.34 Å². The zero-order chi connectivity index (χ0) is 10.6. The monoisotopic (exact) mass is 233 g/mol. The number of methoxy groups -OCH3 is 1. The lowest BCUT2D eigenvalue weighted by molar-refractivity contribution is -0.119. The summed E-state index contributed by atoms with van der Waals surface area (Å²) in [6, 6.07) is 3.73. The van der Waals surface area contributed by atoms with Crippen LogP contribution in [0.3, 0.4) is 0 Å². The van der Waals surface area contributed by atoms with Crippen molar-refractivity contribution in [2.45, 2.75) is 13.0 Å². The Morgan fingerprint density at radius 2 is 2.43 bits per heavy atom. The van der Waals surface area contributed by atoms with E-state index >= 15 is 0 Å². The summed E-state index contributed by atoms with van der Waals surface area (Å²) in [5, 5.41) is 2.70. The van der Waals surface area contributed by atoms with Crippen molar-refractivity contribution in [3.8, 4) is 0 Å². The number of carbonyl (C=O) groups is 1. The maximum absolute atomic E-state index is 10.7. The Balaban J connectivity index is 2.58. The number of halogens is 1. The fraction of sp³-hybridized carbons (Fsp3) is 0.444. The lowest BCUT2D eigenvalue weighted by Gasteiger charge is -2.13. The molecule has 5 heteroatoms. The van der Waals surface area contributed by atoms with E-state index in [9.17, 15) is 4.79 Å². The summed E-state index contributed by atoms with van der Waals surface area (Å²) in [5.74, 6) is -0.0605. The van der Waals surface area contributed by atoms with Crippen LogP contribution in [0, 0.1) is 0 Å². The number of amides is 1. The van der Waals surface area contributed by atoms with Crippen molar-refractivity contribution in [1.82, 2.24) is 5.32 Å². The molecule has 14 heavy (non-hydrogen) atoms. The molecule has 0 radical (unpaired) electrons. The molecule has 0 aliphatic rings. The van der Waals surface area contributed by atoms with Crippen LogP contribution in [0.25, 0.3) is 0 Å². The van der Waals surface area contributed by atoms with Crippen molar-refractivity contribution in [2.75, 3.05) is 13.7 Å². The SMILES string of the molecule is CO[C@H](CNC(C)=O)c1ccc(Cl)s1. The number of hydrogen-bond donors (Lipinski definition) is 1. The molecule has 1 aromatic rings. The Labute approximate surface area is 92.0 Å². The Morgan fingerprint density at radius 3 is 2.86 bits per heavy atom. The van der Waals surface area contributed by atoms with Crippen LogP contribution in [-0.4, -0.2) is 19.6 Å². The second-order valence-electron chi connectivity index (χ2n) is 2.80. The van der Waals surface area contributed by atoms with Crippen LogP contribution in [-0.2, 0) is 9.53 Å². The molecule has 0 fully saturated rings. The predicted molar refractivity (Wildman–Crippen MR) is 57.8 cm³/mol. The number of rotatable bonds is 4. The van der Waals surface area contributed by atoms with E-state index in [1.165, 1.54) is 18.3 Å². The molecule has 0 unspecified atom stereocenters. The van der Waals surface area contributed by atoms with Gasteiger partial charge in [0, 0.05) is 25.5 Å². The van der Waals surface area contributed by atoms with Crippen LogP contribution in [0.2, 0.25) is 4.34 Å². The van der Waals surface area contributed by atoms with E-state index in [0.29, 0.717) is 6.54 Å². The average molecular weight is 234 g/mol. The molecule has 1 atom stereocenters. The predicted octanol–water partition coefficient (Wildman–Crippen LogP) is 2.23. The summed E-state index contributed by atoms with van der Waals surface area (Å²) in [6.45, 7) is 1.96. The molecule has 1 aromatic heterocycles. The van der Waals surface area contributed by atoms with Gasteiger partial charge in [-0.25, -0.2) is 0 Å². The summed E-state index contributed by atoms with van der Waals surface area (Å²) < 4.78 is 5.96. The minimum Gasteiger partial charge on any atom is -0.374 e. The molecule has 0 aromatic carbocycles. The quantitative estimate of drug-likeness (QED) is 0.866. The lowest BCUT2D eigenvalue weighted by atomic mass is 10.3. The highest BCUT2D eigenvalue weighted by Crippen LogP contribution is 2.28. The first-order valence-electron chi connectivity index (χ1n) is 4.16. The van der Waals surface area contributed by atoms with Gasteiger partial charge in [-0.05, 0) is 12.1 Å². The number of thiophene rings is 1. The number of nitrogens with one attached hydrogen (secondary N) is 1. The van der Waals surface area contributed by atoms with Crippen LogP contribution in [0.4, 0.5) is 0 Å². The summed E-state index contributed by atoms with van der Waals surface area (Å²) in [5.41, 5.74) is 0. The van der Waals surface area contributed by atoms with Gasteiger partial charge in [-0.2, -0.15) is 0 Å². The molecule has 0 bridgehead atoms. The second kappa shape index (κ2) is 5.34.